The second-order valence-electron chi connectivity index (χ2n) is 2.42. The number of methoxy groups -OCH3 is 1. The highest BCUT2D eigenvalue weighted by Crippen LogP contribution is 2.12. The molecule has 1 aromatic carbocycles. The van der Waals surface area contributed by atoms with Gasteiger partial charge in [-0.3, -0.25) is 0 Å². The van der Waals surface area contributed by atoms with Crippen molar-refractivity contribution in [2.75, 3.05) is 7.11 Å². The fourth-order valence-corrected chi connectivity index (χ4v) is 1.01. The molecule has 0 fully saturated rings. The maximum absolute atomic E-state index is 5.03. The Kier molecular flexibility index (Phi) is 1.96. The zero-order valence-corrected chi connectivity index (χ0v) is 7.14. The highest BCUT2D eigenvalue weighted by Gasteiger charge is 1.98. The van der Waals surface area contributed by atoms with Gasteiger partial charge in [-0.15, -0.1) is 0 Å². The molecule has 4 heteroatoms. The van der Waals surface area contributed by atoms with Gasteiger partial charge < -0.3 is 4.74 Å². The molecular formula is C9H8N3O. The minimum absolute atomic E-state index is 0.676. The second kappa shape index (κ2) is 3.26. The van der Waals surface area contributed by atoms with Gasteiger partial charge in [0.1, 0.15) is 5.75 Å². The van der Waals surface area contributed by atoms with E-state index in [1.165, 1.54) is 4.80 Å². The average molecular weight is 174 g/mol. The summed E-state index contributed by atoms with van der Waals surface area (Å²) in [5.74, 6) is 0.676. The van der Waals surface area contributed by atoms with E-state index in [-0.39, 0.29) is 0 Å². The van der Waals surface area contributed by atoms with Crippen LogP contribution < -0.4 is 4.74 Å². The molecule has 2 aromatic rings. The predicted molar refractivity (Wildman–Crippen MR) is 46.7 cm³/mol. The Labute approximate surface area is 75.8 Å². The van der Waals surface area contributed by atoms with Crippen LogP contribution in [0.1, 0.15) is 0 Å². The largest absolute Gasteiger partial charge is 0.496 e. The summed E-state index contributed by atoms with van der Waals surface area (Å²) in [5, 5.41) is 7.96. The summed E-state index contributed by atoms with van der Waals surface area (Å²) in [6.07, 6.45) is 3.24. The number of ether oxygens (including phenoxy) is 1. The number of nitrogens with zero attached hydrogens (tertiary/aromatic N) is 3. The Morgan fingerprint density at radius 3 is 2.77 bits per heavy atom. The maximum atomic E-state index is 5.03. The molecule has 1 heterocycles. The molecule has 0 saturated carbocycles. The van der Waals surface area contributed by atoms with Crippen LogP contribution in [-0.4, -0.2) is 22.1 Å². The van der Waals surface area contributed by atoms with E-state index >= 15 is 0 Å². The van der Waals surface area contributed by atoms with Crippen molar-refractivity contribution >= 4 is 0 Å². The number of aromatic nitrogens is 3. The van der Waals surface area contributed by atoms with Crippen LogP contribution >= 0.6 is 0 Å². The van der Waals surface area contributed by atoms with Crippen LogP contribution in [0.15, 0.2) is 30.6 Å². The summed E-state index contributed by atoms with van der Waals surface area (Å²) >= 11 is 0. The van der Waals surface area contributed by atoms with Crippen LogP contribution in [-0.2, 0) is 0 Å². The molecule has 2 rings (SSSR count). The lowest BCUT2D eigenvalue weighted by atomic mass is 10.3. The molecule has 13 heavy (non-hydrogen) atoms. The van der Waals surface area contributed by atoms with E-state index < -0.39 is 0 Å². The molecule has 0 aliphatic rings. The van der Waals surface area contributed by atoms with Crippen molar-refractivity contribution in [1.82, 2.24) is 15.0 Å². The van der Waals surface area contributed by atoms with E-state index in [1.54, 1.807) is 19.5 Å². The van der Waals surface area contributed by atoms with E-state index in [0.29, 0.717) is 5.75 Å². The molecule has 0 aliphatic carbocycles. The van der Waals surface area contributed by atoms with Crippen molar-refractivity contribution < 1.29 is 4.74 Å². The first-order valence-corrected chi connectivity index (χ1v) is 3.83. The molecule has 0 spiro atoms. The van der Waals surface area contributed by atoms with Gasteiger partial charge in [-0.2, -0.15) is 15.0 Å². The molecule has 0 saturated heterocycles. The average Bonchev–Trinajstić information content (AvgIpc) is 2.71. The van der Waals surface area contributed by atoms with Crippen molar-refractivity contribution in [3.63, 3.8) is 0 Å². The third-order valence-electron chi connectivity index (χ3n) is 1.61. The van der Waals surface area contributed by atoms with Gasteiger partial charge in [-0.25, -0.2) is 0 Å². The smallest absolute Gasteiger partial charge is 0.129 e. The molecule has 0 aliphatic heterocycles. The Morgan fingerprint density at radius 2 is 2.08 bits per heavy atom. The van der Waals surface area contributed by atoms with Crippen LogP contribution in [0.3, 0.4) is 0 Å². The molecule has 0 bridgehead atoms. The lowest BCUT2D eigenvalue weighted by Gasteiger charge is -2.01. The van der Waals surface area contributed by atoms with Crippen molar-refractivity contribution in [2.45, 2.75) is 0 Å². The molecule has 0 atom stereocenters. The summed E-state index contributed by atoms with van der Waals surface area (Å²) in [6.45, 7) is 0. The maximum Gasteiger partial charge on any atom is 0.129 e. The highest BCUT2D eigenvalue weighted by molar-refractivity contribution is 5.35. The summed E-state index contributed by atoms with van der Waals surface area (Å²) < 4.78 is 5.03. The first kappa shape index (κ1) is 7.79. The second-order valence-corrected chi connectivity index (χ2v) is 2.42. The summed E-state index contributed by atoms with van der Waals surface area (Å²) in [6, 6.07) is 8.57. The number of hydrogen-bond donors (Lipinski definition) is 0. The standard InChI is InChI=1S/C9H8N3O/c1-13-9-4-2-3-8(7-9)12-10-5-6-11-12/h2-6H,1H3. The Hall–Kier alpha value is -1.84. The van der Waals surface area contributed by atoms with Gasteiger partial charge >= 0.3 is 0 Å². The van der Waals surface area contributed by atoms with Gasteiger partial charge in [0.25, 0.3) is 0 Å². The molecule has 4 nitrogen and oxygen atoms in total. The lowest BCUT2D eigenvalue weighted by Crippen LogP contribution is -1.98. The number of rotatable bonds is 2. The van der Waals surface area contributed by atoms with Gasteiger partial charge in [0, 0.05) is 0 Å². The highest BCUT2D eigenvalue weighted by atomic mass is 16.5. The minimum atomic E-state index is 0.676. The van der Waals surface area contributed by atoms with E-state index in [4.69, 9.17) is 4.74 Å². The normalized spacial score (nSPS) is 9.92. The fraction of sp³-hybridized carbons (Fsp3) is 0.111. The van der Waals surface area contributed by atoms with Gasteiger partial charge in [0.2, 0.25) is 0 Å². The Balaban J connectivity index is 2.41. The lowest BCUT2D eigenvalue weighted by molar-refractivity contribution is 0.413. The molecule has 0 N–H and O–H groups in total. The van der Waals surface area contributed by atoms with E-state index in [1.807, 2.05) is 18.2 Å². The summed E-state index contributed by atoms with van der Waals surface area (Å²) in [4.78, 5) is 1.49. The monoisotopic (exact) mass is 174 g/mol. The summed E-state index contributed by atoms with van der Waals surface area (Å²) in [5.41, 5.74) is 0.768. The van der Waals surface area contributed by atoms with Crippen molar-refractivity contribution in [3.8, 4) is 11.4 Å². The quantitative estimate of drug-likeness (QED) is 0.683. The van der Waals surface area contributed by atoms with Crippen LogP contribution in [0.4, 0.5) is 0 Å². The molecular weight excluding hydrogens is 166 g/mol. The van der Waals surface area contributed by atoms with E-state index in [0.717, 1.165) is 5.69 Å². The molecule has 1 radical (unpaired) electrons. The molecule has 1 aromatic heterocycles. The Morgan fingerprint density at radius 1 is 1.31 bits per heavy atom. The SMILES string of the molecule is COc1[c]c(-n2nccn2)ccc1. The summed E-state index contributed by atoms with van der Waals surface area (Å²) in [7, 11) is 1.60. The molecule has 65 valence electrons. The van der Waals surface area contributed by atoms with Crippen molar-refractivity contribution in [1.29, 1.82) is 0 Å². The zero-order chi connectivity index (χ0) is 9.10. The van der Waals surface area contributed by atoms with Crippen LogP contribution in [0, 0.1) is 6.07 Å². The molecule has 0 unspecified atom stereocenters. The third kappa shape index (κ3) is 1.51. The zero-order valence-electron chi connectivity index (χ0n) is 7.14. The number of benzene rings is 1. The van der Waals surface area contributed by atoms with Gasteiger partial charge in [-0.1, -0.05) is 6.07 Å². The third-order valence-corrected chi connectivity index (χ3v) is 1.61. The van der Waals surface area contributed by atoms with Crippen LogP contribution in [0.5, 0.6) is 5.75 Å². The van der Waals surface area contributed by atoms with Crippen LogP contribution in [0.25, 0.3) is 5.69 Å². The van der Waals surface area contributed by atoms with E-state index in [9.17, 15) is 0 Å². The first-order valence-electron chi connectivity index (χ1n) is 3.83. The van der Waals surface area contributed by atoms with Crippen LogP contribution in [0.2, 0.25) is 0 Å². The topological polar surface area (TPSA) is 39.9 Å². The van der Waals surface area contributed by atoms with Gasteiger partial charge in [0.15, 0.2) is 0 Å². The van der Waals surface area contributed by atoms with Gasteiger partial charge in [0.05, 0.1) is 31.3 Å². The van der Waals surface area contributed by atoms with Crippen molar-refractivity contribution in [3.05, 3.63) is 36.7 Å². The van der Waals surface area contributed by atoms with Gasteiger partial charge in [-0.05, 0) is 12.1 Å². The molecule has 0 amide bonds. The minimum Gasteiger partial charge on any atom is -0.496 e. The fourth-order valence-electron chi connectivity index (χ4n) is 1.01. The predicted octanol–water partition coefficient (Wildman–Crippen LogP) is 1.08. The van der Waals surface area contributed by atoms with Crippen molar-refractivity contribution in [2.24, 2.45) is 0 Å². The first-order chi connectivity index (χ1) is 6.40. The van der Waals surface area contributed by atoms with E-state index in [2.05, 4.69) is 16.3 Å². The Bertz CT molecular complexity index is 384. The number of hydrogen-bond acceptors (Lipinski definition) is 3.